The lowest BCUT2D eigenvalue weighted by Crippen LogP contribution is -2.39. The summed E-state index contributed by atoms with van der Waals surface area (Å²) in [4.78, 5) is 25.8. The van der Waals surface area contributed by atoms with Crippen LogP contribution in [0.5, 0.6) is 0 Å². The monoisotopic (exact) mass is 302 g/mol. The van der Waals surface area contributed by atoms with E-state index in [0.29, 0.717) is 12.3 Å². The van der Waals surface area contributed by atoms with Crippen molar-refractivity contribution in [3.8, 4) is 0 Å². The Morgan fingerprint density at radius 2 is 1.86 bits per heavy atom. The van der Waals surface area contributed by atoms with Crippen molar-refractivity contribution in [2.24, 2.45) is 5.92 Å². The Balaban J connectivity index is 2.06. The van der Waals surface area contributed by atoms with Crippen molar-refractivity contribution >= 4 is 11.8 Å². The summed E-state index contributed by atoms with van der Waals surface area (Å²) in [7, 11) is 1.87. The Bertz CT molecular complexity index is 535. The van der Waals surface area contributed by atoms with Crippen LogP contribution < -0.4 is 5.32 Å². The summed E-state index contributed by atoms with van der Waals surface area (Å²) >= 11 is 0. The molecule has 2 amide bonds. The number of benzene rings is 1. The number of rotatable bonds is 6. The van der Waals surface area contributed by atoms with Crippen molar-refractivity contribution in [3.63, 3.8) is 0 Å². The summed E-state index contributed by atoms with van der Waals surface area (Å²) in [6.07, 6.45) is 2.73. The number of nitrogens with one attached hydrogen (secondary N) is 1. The molecule has 0 aromatic heterocycles. The highest BCUT2D eigenvalue weighted by molar-refractivity contribution is 5.79. The third-order valence-electron chi connectivity index (χ3n) is 4.54. The molecule has 1 saturated carbocycles. The van der Waals surface area contributed by atoms with E-state index in [1.54, 1.807) is 0 Å². The van der Waals surface area contributed by atoms with E-state index in [4.69, 9.17) is 0 Å². The SMILES string of the molecule is CC(=O)NC(CC(=O)N(C)C(C)C1CC1)c1ccc(C)cc1. The summed E-state index contributed by atoms with van der Waals surface area (Å²) in [5, 5.41) is 2.90. The van der Waals surface area contributed by atoms with Crippen molar-refractivity contribution in [1.82, 2.24) is 10.2 Å². The van der Waals surface area contributed by atoms with Crippen LogP contribution in [0.2, 0.25) is 0 Å². The van der Waals surface area contributed by atoms with Crippen LogP contribution in [0, 0.1) is 12.8 Å². The molecule has 4 nitrogen and oxygen atoms in total. The van der Waals surface area contributed by atoms with Gasteiger partial charge in [-0.1, -0.05) is 29.8 Å². The summed E-state index contributed by atoms with van der Waals surface area (Å²) in [5.74, 6) is 0.613. The van der Waals surface area contributed by atoms with E-state index >= 15 is 0 Å². The van der Waals surface area contributed by atoms with Crippen molar-refractivity contribution in [2.75, 3.05) is 7.05 Å². The molecule has 0 heterocycles. The molecule has 2 rings (SSSR count). The first-order chi connectivity index (χ1) is 10.4. The Morgan fingerprint density at radius 3 is 2.36 bits per heavy atom. The fourth-order valence-corrected chi connectivity index (χ4v) is 2.74. The lowest BCUT2D eigenvalue weighted by molar-refractivity contribution is -0.132. The van der Waals surface area contributed by atoms with Crippen LogP contribution in [0.3, 0.4) is 0 Å². The van der Waals surface area contributed by atoms with E-state index in [0.717, 1.165) is 11.1 Å². The minimum atomic E-state index is -0.264. The normalized spacial score (nSPS) is 16.7. The van der Waals surface area contributed by atoms with Gasteiger partial charge in [0.05, 0.1) is 12.5 Å². The molecule has 2 atom stereocenters. The number of carbonyl (C=O) groups excluding carboxylic acids is 2. The number of nitrogens with zero attached hydrogens (tertiary/aromatic N) is 1. The molecule has 22 heavy (non-hydrogen) atoms. The number of aryl methyl sites for hydroxylation is 1. The Kier molecular flexibility index (Phi) is 5.22. The van der Waals surface area contributed by atoms with Crippen molar-refractivity contribution in [1.29, 1.82) is 0 Å². The molecule has 4 heteroatoms. The zero-order valence-electron chi connectivity index (χ0n) is 13.9. The molecule has 0 spiro atoms. The van der Waals surface area contributed by atoms with Gasteiger partial charge in [-0.15, -0.1) is 0 Å². The first kappa shape index (κ1) is 16.5. The van der Waals surface area contributed by atoms with Crippen LogP contribution in [0.15, 0.2) is 24.3 Å². The summed E-state index contributed by atoms with van der Waals surface area (Å²) in [5.41, 5.74) is 2.14. The summed E-state index contributed by atoms with van der Waals surface area (Å²) < 4.78 is 0. The van der Waals surface area contributed by atoms with Gasteiger partial charge in [-0.3, -0.25) is 9.59 Å². The minimum absolute atomic E-state index is 0.0822. The average molecular weight is 302 g/mol. The van der Waals surface area contributed by atoms with Crippen LogP contribution in [0.1, 0.15) is 50.3 Å². The van der Waals surface area contributed by atoms with Crippen LogP contribution in [-0.2, 0) is 9.59 Å². The predicted molar refractivity (Wildman–Crippen MR) is 87.3 cm³/mol. The molecule has 1 aliphatic rings. The smallest absolute Gasteiger partial charge is 0.224 e. The fourth-order valence-electron chi connectivity index (χ4n) is 2.74. The summed E-state index contributed by atoms with van der Waals surface area (Å²) in [6, 6.07) is 7.99. The van der Waals surface area contributed by atoms with Gasteiger partial charge in [0.15, 0.2) is 0 Å². The minimum Gasteiger partial charge on any atom is -0.349 e. The zero-order valence-corrected chi connectivity index (χ0v) is 13.9. The molecule has 0 bridgehead atoms. The van der Waals surface area contributed by atoms with Gasteiger partial charge in [0, 0.05) is 20.0 Å². The van der Waals surface area contributed by atoms with E-state index in [1.807, 2.05) is 43.1 Å². The number of amides is 2. The maximum Gasteiger partial charge on any atom is 0.224 e. The van der Waals surface area contributed by atoms with Gasteiger partial charge in [-0.25, -0.2) is 0 Å². The van der Waals surface area contributed by atoms with Gasteiger partial charge in [-0.2, -0.15) is 0 Å². The Morgan fingerprint density at radius 1 is 1.27 bits per heavy atom. The number of hydrogen-bond acceptors (Lipinski definition) is 2. The molecule has 1 aliphatic carbocycles. The average Bonchev–Trinajstić information content (AvgIpc) is 3.30. The first-order valence-electron chi connectivity index (χ1n) is 7.97. The van der Waals surface area contributed by atoms with Gasteiger partial charge < -0.3 is 10.2 Å². The molecule has 0 saturated heterocycles. The third-order valence-corrected chi connectivity index (χ3v) is 4.54. The second kappa shape index (κ2) is 6.95. The second-order valence-corrected chi connectivity index (χ2v) is 6.45. The highest BCUT2D eigenvalue weighted by Gasteiger charge is 2.33. The van der Waals surface area contributed by atoms with E-state index < -0.39 is 0 Å². The largest absolute Gasteiger partial charge is 0.349 e. The van der Waals surface area contributed by atoms with Gasteiger partial charge in [0.25, 0.3) is 0 Å². The maximum atomic E-state index is 12.5. The Hall–Kier alpha value is -1.84. The molecule has 1 aromatic carbocycles. The quantitative estimate of drug-likeness (QED) is 0.878. The predicted octanol–water partition coefficient (Wildman–Crippen LogP) is 2.82. The van der Waals surface area contributed by atoms with Gasteiger partial charge in [-0.05, 0) is 38.2 Å². The molecule has 120 valence electrons. The lowest BCUT2D eigenvalue weighted by Gasteiger charge is -2.27. The topological polar surface area (TPSA) is 49.4 Å². The van der Waals surface area contributed by atoms with Crippen molar-refractivity contribution in [3.05, 3.63) is 35.4 Å². The van der Waals surface area contributed by atoms with Crippen molar-refractivity contribution in [2.45, 2.75) is 52.1 Å². The van der Waals surface area contributed by atoms with E-state index in [9.17, 15) is 9.59 Å². The van der Waals surface area contributed by atoms with E-state index in [2.05, 4.69) is 12.2 Å². The van der Waals surface area contributed by atoms with Gasteiger partial charge in [0.1, 0.15) is 0 Å². The van der Waals surface area contributed by atoms with Crippen LogP contribution >= 0.6 is 0 Å². The van der Waals surface area contributed by atoms with Crippen molar-refractivity contribution < 1.29 is 9.59 Å². The third kappa shape index (κ3) is 4.33. The molecule has 1 N–H and O–H groups in total. The van der Waals surface area contributed by atoms with E-state index in [-0.39, 0.29) is 23.9 Å². The Labute approximate surface area is 132 Å². The van der Waals surface area contributed by atoms with Crippen LogP contribution in [0.4, 0.5) is 0 Å². The van der Waals surface area contributed by atoms with Gasteiger partial charge in [0.2, 0.25) is 11.8 Å². The molecule has 0 aliphatic heterocycles. The molecule has 0 radical (unpaired) electrons. The van der Waals surface area contributed by atoms with Crippen LogP contribution in [-0.4, -0.2) is 29.8 Å². The lowest BCUT2D eigenvalue weighted by atomic mass is 10.0. The second-order valence-electron chi connectivity index (χ2n) is 6.45. The number of hydrogen-bond donors (Lipinski definition) is 1. The standard InChI is InChI=1S/C18H26N2O2/c1-12-5-7-16(8-6-12)17(19-14(3)21)11-18(22)20(4)13(2)15-9-10-15/h5-8,13,15,17H,9-11H2,1-4H3,(H,19,21). The molecule has 1 aromatic rings. The van der Waals surface area contributed by atoms with Crippen LogP contribution in [0.25, 0.3) is 0 Å². The fraction of sp³-hybridized carbons (Fsp3) is 0.556. The number of carbonyl (C=O) groups is 2. The maximum absolute atomic E-state index is 12.5. The van der Waals surface area contributed by atoms with E-state index in [1.165, 1.54) is 19.8 Å². The molecular weight excluding hydrogens is 276 g/mol. The molecule has 2 unspecified atom stereocenters. The molecular formula is C18H26N2O2. The first-order valence-corrected chi connectivity index (χ1v) is 7.97. The highest BCUT2D eigenvalue weighted by Crippen LogP contribution is 2.35. The highest BCUT2D eigenvalue weighted by atomic mass is 16.2. The summed E-state index contributed by atoms with van der Waals surface area (Å²) in [6.45, 7) is 5.62. The zero-order chi connectivity index (χ0) is 16.3. The van der Waals surface area contributed by atoms with Gasteiger partial charge >= 0.3 is 0 Å². The molecule has 1 fully saturated rings.